The number of likely N-dealkylation sites (N-methyl/N-ethyl adjacent to an activating group) is 2. The standard InChI is InChI=1S/C15H24N6O/c1-11-7-14(8-19(6)13(3)15(22)18(4)5)12(2)21(11)20-9-16-17-10-20/h7,9-10,13H,8H2,1-6H3/t13-/m0/s1. The predicted octanol–water partition coefficient (Wildman–Crippen LogP) is 0.916. The maximum atomic E-state index is 12.1. The van der Waals surface area contributed by atoms with E-state index in [-0.39, 0.29) is 11.9 Å². The highest BCUT2D eigenvalue weighted by Crippen LogP contribution is 2.18. The molecule has 0 unspecified atom stereocenters. The summed E-state index contributed by atoms with van der Waals surface area (Å²) in [5, 5.41) is 7.71. The van der Waals surface area contributed by atoms with E-state index in [0.717, 1.165) is 11.4 Å². The third-order valence-corrected chi connectivity index (χ3v) is 4.02. The van der Waals surface area contributed by atoms with Gasteiger partial charge in [-0.1, -0.05) is 0 Å². The predicted molar refractivity (Wildman–Crippen MR) is 84.3 cm³/mol. The number of nitrogens with zero attached hydrogens (tertiary/aromatic N) is 6. The summed E-state index contributed by atoms with van der Waals surface area (Å²) in [5.41, 5.74) is 3.41. The molecule has 2 aromatic heterocycles. The SMILES string of the molecule is Cc1cc(CN(C)[C@@H](C)C(=O)N(C)C)c(C)n1-n1cnnc1. The smallest absolute Gasteiger partial charge is 0.239 e. The van der Waals surface area contributed by atoms with Crippen molar-refractivity contribution in [2.75, 3.05) is 21.1 Å². The minimum absolute atomic E-state index is 0.107. The minimum Gasteiger partial charge on any atom is -0.347 e. The summed E-state index contributed by atoms with van der Waals surface area (Å²) in [4.78, 5) is 15.8. The molecule has 0 spiro atoms. The normalized spacial score (nSPS) is 12.7. The van der Waals surface area contributed by atoms with Crippen molar-refractivity contribution < 1.29 is 4.79 Å². The number of aromatic nitrogens is 4. The summed E-state index contributed by atoms with van der Waals surface area (Å²) < 4.78 is 3.91. The van der Waals surface area contributed by atoms with Crippen LogP contribution in [0.3, 0.4) is 0 Å². The van der Waals surface area contributed by atoms with E-state index in [9.17, 15) is 4.79 Å². The van der Waals surface area contributed by atoms with E-state index >= 15 is 0 Å². The van der Waals surface area contributed by atoms with Gasteiger partial charge in [0, 0.05) is 32.0 Å². The highest BCUT2D eigenvalue weighted by atomic mass is 16.2. The largest absolute Gasteiger partial charge is 0.347 e. The van der Waals surface area contributed by atoms with Gasteiger partial charge in [0.1, 0.15) is 12.7 Å². The van der Waals surface area contributed by atoms with Gasteiger partial charge in [-0.2, -0.15) is 0 Å². The lowest BCUT2D eigenvalue weighted by molar-refractivity contribution is -0.133. The van der Waals surface area contributed by atoms with Crippen LogP contribution < -0.4 is 0 Å². The molecule has 7 heteroatoms. The molecule has 7 nitrogen and oxygen atoms in total. The first-order valence-electron chi connectivity index (χ1n) is 7.27. The fourth-order valence-electron chi connectivity index (χ4n) is 2.60. The number of carbonyl (C=O) groups is 1. The van der Waals surface area contributed by atoms with Crippen molar-refractivity contribution in [1.29, 1.82) is 0 Å². The van der Waals surface area contributed by atoms with Gasteiger partial charge >= 0.3 is 0 Å². The van der Waals surface area contributed by atoms with Gasteiger partial charge in [-0.3, -0.25) is 14.4 Å². The second kappa shape index (κ2) is 6.31. The average molecular weight is 304 g/mol. The highest BCUT2D eigenvalue weighted by molar-refractivity contribution is 5.80. The lowest BCUT2D eigenvalue weighted by Gasteiger charge is -2.26. The minimum atomic E-state index is -0.159. The molecule has 2 rings (SSSR count). The quantitative estimate of drug-likeness (QED) is 0.824. The van der Waals surface area contributed by atoms with Gasteiger partial charge in [-0.25, -0.2) is 4.68 Å². The van der Waals surface area contributed by atoms with Gasteiger partial charge in [-0.05, 0) is 39.4 Å². The van der Waals surface area contributed by atoms with Crippen LogP contribution in [0.25, 0.3) is 0 Å². The molecule has 0 saturated heterocycles. The van der Waals surface area contributed by atoms with Crippen molar-refractivity contribution in [2.24, 2.45) is 0 Å². The first-order chi connectivity index (χ1) is 10.3. The van der Waals surface area contributed by atoms with Crippen molar-refractivity contribution in [2.45, 2.75) is 33.4 Å². The van der Waals surface area contributed by atoms with Gasteiger partial charge in [-0.15, -0.1) is 10.2 Å². The van der Waals surface area contributed by atoms with E-state index in [0.29, 0.717) is 6.54 Å². The molecular weight excluding hydrogens is 280 g/mol. The molecule has 0 aliphatic carbocycles. The van der Waals surface area contributed by atoms with Crippen LogP contribution in [0.4, 0.5) is 0 Å². The maximum absolute atomic E-state index is 12.1. The van der Waals surface area contributed by atoms with Gasteiger partial charge < -0.3 is 4.90 Å². The molecule has 2 aromatic rings. The summed E-state index contributed by atoms with van der Waals surface area (Å²) in [7, 11) is 5.53. The molecule has 0 radical (unpaired) electrons. The second-order valence-electron chi connectivity index (χ2n) is 5.87. The van der Waals surface area contributed by atoms with Crippen LogP contribution in [0.5, 0.6) is 0 Å². The Kier molecular flexibility index (Phi) is 4.65. The summed E-state index contributed by atoms with van der Waals surface area (Å²) in [6.07, 6.45) is 3.34. The monoisotopic (exact) mass is 304 g/mol. The van der Waals surface area contributed by atoms with Gasteiger partial charge in [0.25, 0.3) is 0 Å². The zero-order valence-electron chi connectivity index (χ0n) is 14.1. The number of rotatable bonds is 5. The third-order valence-electron chi connectivity index (χ3n) is 4.02. The van der Waals surface area contributed by atoms with Crippen LogP contribution >= 0.6 is 0 Å². The average Bonchev–Trinajstić information content (AvgIpc) is 3.06. The van der Waals surface area contributed by atoms with E-state index in [1.165, 1.54) is 5.56 Å². The number of hydrogen-bond donors (Lipinski definition) is 0. The van der Waals surface area contributed by atoms with Crippen LogP contribution in [0, 0.1) is 13.8 Å². The molecule has 1 amide bonds. The Morgan fingerprint density at radius 2 is 1.82 bits per heavy atom. The molecule has 0 N–H and O–H groups in total. The van der Waals surface area contributed by atoms with Crippen molar-refractivity contribution in [3.8, 4) is 0 Å². The zero-order valence-corrected chi connectivity index (χ0v) is 14.1. The second-order valence-corrected chi connectivity index (χ2v) is 5.87. The van der Waals surface area contributed by atoms with E-state index in [1.54, 1.807) is 31.6 Å². The summed E-state index contributed by atoms with van der Waals surface area (Å²) in [6.45, 7) is 6.75. The molecule has 120 valence electrons. The molecule has 1 atom stereocenters. The fourth-order valence-corrected chi connectivity index (χ4v) is 2.60. The van der Waals surface area contributed by atoms with Crippen LogP contribution in [-0.2, 0) is 11.3 Å². The van der Waals surface area contributed by atoms with Crippen molar-refractivity contribution in [3.05, 3.63) is 35.7 Å². The van der Waals surface area contributed by atoms with Gasteiger partial charge in [0.05, 0.1) is 6.04 Å². The summed E-state index contributed by atoms with van der Waals surface area (Å²) in [6, 6.07) is 1.98. The molecule has 0 aliphatic rings. The van der Waals surface area contributed by atoms with Crippen LogP contribution in [0.2, 0.25) is 0 Å². The number of amides is 1. The first kappa shape index (κ1) is 16.2. The Bertz CT molecular complexity index is 643. The Morgan fingerprint density at radius 3 is 2.36 bits per heavy atom. The Hall–Kier alpha value is -2.15. The van der Waals surface area contributed by atoms with E-state index in [2.05, 4.69) is 32.8 Å². The van der Waals surface area contributed by atoms with Crippen molar-refractivity contribution in [3.63, 3.8) is 0 Å². The lowest BCUT2D eigenvalue weighted by Crippen LogP contribution is -2.42. The van der Waals surface area contributed by atoms with Crippen molar-refractivity contribution in [1.82, 2.24) is 29.3 Å². The molecule has 0 saturated carbocycles. The highest BCUT2D eigenvalue weighted by Gasteiger charge is 2.21. The van der Waals surface area contributed by atoms with Crippen LogP contribution in [0.15, 0.2) is 18.7 Å². The zero-order chi connectivity index (χ0) is 16.4. The first-order valence-corrected chi connectivity index (χ1v) is 7.27. The van der Waals surface area contributed by atoms with Crippen molar-refractivity contribution >= 4 is 5.91 Å². The molecule has 22 heavy (non-hydrogen) atoms. The molecule has 0 aliphatic heterocycles. The fraction of sp³-hybridized carbons (Fsp3) is 0.533. The molecule has 0 aromatic carbocycles. The van der Waals surface area contributed by atoms with E-state index in [1.807, 2.05) is 25.6 Å². The Balaban J connectivity index is 2.21. The summed E-state index contributed by atoms with van der Waals surface area (Å²) >= 11 is 0. The lowest BCUT2D eigenvalue weighted by atomic mass is 10.2. The number of aryl methyl sites for hydroxylation is 1. The third kappa shape index (κ3) is 3.04. The van der Waals surface area contributed by atoms with Crippen LogP contribution in [0.1, 0.15) is 23.9 Å². The number of hydrogen-bond acceptors (Lipinski definition) is 4. The molecule has 2 heterocycles. The molecule has 0 fully saturated rings. The maximum Gasteiger partial charge on any atom is 0.239 e. The summed E-state index contributed by atoms with van der Waals surface area (Å²) in [5.74, 6) is 0.107. The topological polar surface area (TPSA) is 59.2 Å². The van der Waals surface area contributed by atoms with Gasteiger partial charge in [0.15, 0.2) is 0 Å². The Morgan fingerprint density at radius 1 is 1.23 bits per heavy atom. The number of carbonyl (C=O) groups excluding carboxylic acids is 1. The van der Waals surface area contributed by atoms with Gasteiger partial charge in [0.2, 0.25) is 5.91 Å². The Labute approximate surface area is 131 Å². The van der Waals surface area contributed by atoms with E-state index < -0.39 is 0 Å². The van der Waals surface area contributed by atoms with E-state index in [4.69, 9.17) is 0 Å². The molecular formula is C15H24N6O. The van der Waals surface area contributed by atoms with Crippen LogP contribution in [-0.4, -0.2) is 62.4 Å². The molecule has 0 bridgehead atoms.